The van der Waals surface area contributed by atoms with Crippen molar-refractivity contribution in [3.05, 3.63) is 24.3 Å². The molecule has 5 nitrogen and oxygen atoms in total. The van der Waals surface area contributed by atoms with Crippen LogP contribution in [0.1, 0.15) is 0 Å². The lowest BCUT2D eigenvalue weighted by atomic mass is 10.3. The first-order valence-electron chi connectivity index (χ1n) is 3.64. The lowest BCUT2D eigenvalue weighted by molar-refractivity contribution is -0.0498. The molecule has 1 aromatic rings. The van der Waals surface area contributed by atoms with Crippen molar-refractivity contribution >= 4 is 10.3 Å². The van der Waals surface area contributed by atoms with Gasteiger partial charge >= 0.3 is 16.9 Å². The van der Waals surface area contributed by atoms with E-state index in [1.54, 1.807) is 0 Å². The molecule has 0 amide bonds. The molecule has 0 saturated carbocycles. The minimum Gasteiger partial charge on any atom is -0.435 e. The smallest absolute Gasteiger partial charge is 0.387 e. The van der Waals surface area contributed by atoms with Gasteiger partial charge in [-0.3, -0.25) is 0 Å². The highest BCUT2D eigenvalue weighted by Gasteiger charge is 2.07. The van der Waals surface area contributed by atoms with E-state index in [1.165, 1.54) is 0 Å². The van der Waals surface area contributed by atoms with Crippen LogP contribution in [0.2, 0.25) is 0 Å². The summed E-state index contributed by atoms with van der Waals surface area (Å²) in [7, 11) is -4.10. The maximum atomic E-state index is 11.7. The Hall–Kier alpha value is -1.41. The van der Waals surface area contributed by atoms with Crippen LogP contribution in [0.5, 0.6) is 11.5 Å². The van der Waals surface area contributed by atoms with E-state index in [4.69, 9.17) is 0 Å². The van der Waals surface area contributed by atoms with Crippen LogP contribution in [0, 0.1) is 0 Å². The van der Waals surface area contributed by atoms with Gasteiger partial charge in [-0.15, -0.1) is 0 Å². The summed E-state index contributed by atoms with van der Waals surface area (Å²) < 4.78 is 52.7. The molecule has 0 aromatic heterocycles. The van der Waals surface area contributed by atoms with Gasteiger partial charge in [-0.2, -0.15) is 22.3 Å². The van der Waals surface area contributed by atoms with Gasteiger partial charge in [0.25, 0.3) is 0 Å². The zero-order valence-corrected chi connectivity index (χ0v) is 8.08. The van der Waals surface area contributed by atoms with Crippen molar-refractivity contribution in [3.8, 4) is 11.5 Å². The largest absolute Gasteiger partial charge is 0.435 e. The molecule has 8 heteroatoms. The Morgan fingerprint density at radius 3 is 2.00 bits per heavy atom. The van der Waals surface area contributed by atoms with Crippen LogP contribution in [0.4, 0.5) is 8.78 Å². The van der Waals surface area contributed by atoms with Gasteiger partial charge in [0.1, 0.15) is 11.5 Å². The molecule has 0 radical (unpaired) electrons. The molecule has 0 aliphatic carbocycles. The van der Waals surface area contributed by atoms with Crippen LogP contribution >= 0.6 is 0 Å². The van der Waals surface area contributed by atoms with Gasteiger partial charge < -0.3 is 8.92 Å². The number of ether oxygens (including phenoxy) is 1. The molecule has 0 bridgehead atoms. The molecule has 15 heavy (non-hydrogen) atoms. The molecule has 2 N–H and O–H groups in total. The van der Waals surface area contributed by atoms with Crippen LogP contribution in [-0.2, 0) is 10.3 Å². The van der Waals surface area contributed by atoms with Crippen molar-refractivity contribution in [2.75, 3.05) is 0 Å². The molecule has 0 unspecified atom stereocenters. The molecule has 1 aromatic carbocycles. The van der Waals surface area contributed by atoms with Gasteiger partial charge in [0, 0.05) is 0 Å². The Bertz CT molecular complexity index is 417. The highest BCUT2D eigenvalue weighted by atomic mass is 32.2. The Kier molecular flexibility index (Phi) is 3.43. The van der Waals surface area contributed by atoms with E-state index in [9.17, 15) is 17.2 Å². The Balaban J connectivity index is 2.73. The Morgan fingerprint density at radius 1 is 1.13 bits per heavy atom. The van der Waals surface area contributed by atoms with Crippen LogP contribution in [-0.4, -0.2) is 15.0 Å². The number of rotatable bonds is 4. The van der Waals surface area contributed by atoms with E-state index >= 15 is 0 Å². The van der Waals surface area contributed by atoms with Crippen LogP contribution in [0.3, 0.4) is 0 Å². The lowest BCUT2D eigenvalue weighted by Gasteiger charge is -2.05. The number of benzene rings is 1. The highest BCUT2D eigenvalue weighted by molar-refractivity contribution is 7.84. The molecule has 84 valence electrons. The van der Waals surface area contributed by atoms with E-state index in [0.717, 1.165) is 24.3 Å². The average molecular weight is 239 g/mol. The number of hydrogen-bond acceptors (Lipinski definition) is 4. The zero-order valence-electron chi connectivity index (χ0n) is 7.26. The normalized spacial score (nSPS) is 11.5. The Morgan fingerprint density at radius 2 is 1.60 bits per heavy atom. The molecule has 1 rings (SSSR count). The van der Waals surface area contributed by atoms with Gasteiger partial charge in [0.15, 0.2) is 0 Å². The summed E-state index contributed by atoms with van der Waals surface area (Å²) in [5.41, 5.74) is 0. The number of alkyl halides is 2. The van der Waals surface area contributed by atoms with E-state index < -0.39 is 16.9 Å². The lowest BCUT2D eigenvalue weighted by Crippen LogP contribution is -2.18. The first-order chi connectivity index (χ1) is 6.87. The van der Waals surface area contributed by atoms with Gasteiger partial charge in [0.2, 0.25) is 0 Å². The molecule has 0 heterocycles. The molecule has 0 atom stereocenters. The molecular formula is C7H7F2NO4S. The van der Waals surface area contributed by atoms with Crippen molar-refractivity contribution < 1.29 is 26.1 Å². The SMILES string of the molecule is NS(=O)(=O)Oc1ccc(OC(F)F)cc1. The van der Waals surface area contributed by atoms with Gasteiger partial charge in [-0.1, -0.05) is 0 Å². The number of halogens is 2. The van der Waals surface area contributed by atoms with Crippen molar-refractivity contribution in [2.45, 2.75) is 6.61 Å². The Labute approximate surface area is 84.7 Å². The van der Waals surface area contributed by atoms with Crippen molar-refractivity contribution in [2.24, 2.45) is 5.14 Å². The summed E-state index contributed by atoms with van der Waals surface area (Å²) >= 11 is 0. The number of nitrogens with two attached hydrogens (primary N) is 1. The topological polar surface area (TPSA) is 78.6 Å². The molecule has 0 spiro atoms. The summed E-state index contributed by atoms with van der Waals surface area (Å²) in [6, 6.07) is 4.55. The maximum Gasteiger partial charge on any atom is 0.387 e. The fourth-order valence-corrected chi connectivity index (χ4v) is 1.19. The minimum absolute atomic E-state index is 0.0842. The predicted octanol–water partition coefficient (Wildman–Crippen LogP) is 0.870. The van der Waals surface area contributed by atoms with E-state index in [1.807, 2.05) is 0 Å². The standard InChI is InChI=1S/C7H7F2NO4S/c8-7(9)13-5-1-3-6(4-2-5)14-15(10,11)12/h1-4,7H,(H2,10,11,12). The van der Waals surface area contributed by atoms with Crippen molar-refractivity contribution in [3.63, 3.8) is 0 Å². The summed E-state index contributed by atoms with van der Waals surface area (Å²) in [6.07, 6.45) is 0. The summed E-state index contributed by atoms with van der Waals surface area (Å²) in [4.78, 5) is 0. The summed E-state index contributed by atoms with van der Waals surface area (Å²) in [6.45, 7) is -2.94. The highest BCUT2D eigenvalue weighted by Crippen LogP contribution is 2.19. The maximum absolute atomic E-state index is 11.7. The minimum atomic E-state index is -4.10. The summed E-state index contributed by atoms with van der Waals surface area (Å²) in [5, 5.41) is 4.59. The van der Waals surface area contributed by atoms with Crippen LogP contribution in [0.25, 0.3) is 0 Å². The average Bonchev–Trinajstić information content (AvgIpc) is 2.05. The fraction of sp³-hybridized carbons (Fsp3) is 0.143. The van der Waals surface area contributed by atoms with E-state index in [0.29, 0.717) is 0 Å². The number of hydrogen-bond donors (Lipinski definition) is 1. The first-order valence-corrected chi connectivity index (χ1v) is 5.11. The molecule has 0 saturated heterocycles. The second-order valence-corrected chi connectivity index (χ2v) is 3.58. The van der Waals surface area contributed by atoms with Crippen molar-refractivity contribution in [1.82, 2.24) is 0 Å². The molecule has 0 aliphatic rings. The monoisotopic (exact) mass is 239 g/mol. The van der Waals surface area contributed by atoms with E-state index in [2.05, 4.69) is 14.1 Å². The van der Waals surface area contributed by atoms with Crippen molar-refractivity contribution in [1.29, 1.82) is 0 Å². The third-order valence-corrected chi connectivity index (χ3v) is 1.69. The second-order valence-electron chi connectivity index (χ2n) is 2.43. The predicted molar refractivity (Wildman–Crippen MR) is 46.8 cm³/mol. The molecule has 0 fully saturated rings. The van der Waals surface area contributed by atoms with Gasteiger partial charge in [0.05, 0.1) is 0 Å². The van der Waals surface area contributed by atoms with E-state index in [-0.39, 0.29) is 11.5 Å². The zero-order chi connectivity index (χ0) is 11.5. The third kappa shape index (κ3) is 4.56. The summed E-state index contributed by atoms with van der Waals surface area (Å²) in [5.74, 6) is -0.189. The second kappa shape index (κ2) is 4.41. The molecule has 0 aliphatic heterocycles. The third-order valence-electron chi connectivity index (χ3n) is 1.26. The van der Waals surface area contributed by atoms with Crippen LogP contribution < -0.4 is 14.1 Å². The van der Waals surface area contributed by atoms with Crippen LogP contribution in [0.15, 0.2) is 24.3 Å². The fourth-order valence-electron chi connectivity index (χ4n) is 0.811. The van der Waals surface area contributed by atoms with Gasteiger partial charge in [-0.25, -0.2) is 0 Å². The first kappa shape index (κ1) is 11.7. The molecular weight excluding hydrogens is 232 g/mol. The van der Waals surface area contributed by atoms with Gasteiger partial charge in [-0.05, 0) is 24.3 Å². The quantitative estimate of drug-likeness (QED) is 0.845.